The Labute approximate surface area is 158 Å². The van der Waals surface area contributed by atoms with Gasteiger partial charge in [0.1, 0.15) is 16.4 Å². The van der Waals surface area contributed by atoms with Gasteiger partial charge in [0, 0.05) is 23.1 Å². The molecule has 2 aromatic heterocycles. The van der Waals surface area contributed by atoms with Crippen LogP contribution >= 0.6 is 11.3 Å². The van der Waals surface area contributed by atoms with E-state index < -0.39 is 0 Å². The maximum Gasteiger partial charge on any atom is 0.267 e. The van der Waals surface area contributed by atoms with E-state index in [1.165, 1.54) is 29.5 Å². The molecule has 27 heavy (non-hydrogen) atoms. The molecule has 0 atom stereocenters. The predicted molar refractivity (Wildman–Crippen MR) is 104 cm³/mol. The molecule has 2 heterocycles. The van der Waals surface area contributed by atoms with Crippen LogP contribution < -0.4 is 5.32 Å². The number of aryl methyl sites for hydroxylation is 2. The number of phenolic OH excluding ortho intramolecular Hbond substituents is 1. The first-order chi connectivity index (χ1) is 12.9. The van der Waals surface area contributed by atoms with Crippen molar-refractivity contribution in [2.24, 2.45) is 0 Å². The number of hydrogen-bond donors (Lipinski definition) is 2. The second-order valence-corrected chi connectivity index (χ2v) is 7.23. The zero-order chi connectivity index (χ0) is 19.1. The number of aromatic nitrogens is 2. The molecular formula is C20H16FN3O2S. The van der Waals surface area contributed by atoms with E-state index in [-0.39, 0.29) is 17.5 Å². The van der Waals surface area contributed by atoms with E-state index in [4.69, 9.17) is 0 Å². The SMILES string of the molecule is Cc1cc(O)ccc1NC(=O)c1sc2nc(-c3ccc(F)cc3)cn2c1C. The molecule has 0 saturated carbocycles. The molecule has 0 fully saturated rings. The Morgan fingerprint density at radius 1 is 1.19 bits per heavy atom. The van der Waals surface area contributed by atoms with Crippen LogP contribution in [0, 0.1) is 19.7 Å². The van der Waals surface area contributed by atoms with Crippen LogP contribution in [0.4, 0.5) is 10.1 Å². The topological polar surface area (TPSA) is 66.6 Å². The van der Waals surface area contributed by atoms with Crippen LogP contribution in [0.15, 0.2) is 48.7 Å². The molecule has 2 aromatic carbocycles. The van der Waals surface area contributed by atoms with Crippen LogP contribution in [0.5, 0.6) is 5.75 Å². The van der Waals surface area contributed by atoms with E-state index in [2.05, 4.69) is 10.3 Å². The lowest BCUT2D eigenvalue weighted by Crippen LogP contribution is -2.12. The smallest absolute Gasteiger partial charge is 0.267 e. The molecule has 0 bridgehead atoms. The number of rotatable bonds is 3. The van der Waals surface area contributed by atoms with Gasteiger partial charge in [-0.3, -0.25) is 9.20 Å². The fourth-order valence-corrected chi connectivity index (χ4v) is 3.89. The van der Waals surface area contributed by atoms with Gasteiger partial charge in [-0.15, -0.1) is 0 Å². The summed E-state index contributed by atoms with van der Waals surface area (Å²) in [6.07, 6.45) is 1.84. The van der Waals surface area contributed by atoms with Crippen molar-refractivity contribution in [3.05, 3.63) is 70.6 Å². The molecule has 136 valence electrons. The van der Waals surface area contributed by atoms with Gasteiger partial charge in [-0.1, -0.05) is 11.3 Å². The van der Waals surface area contributed by atoms with Crippen LogP contribution in [0.3, 0.4) is 0 Å². The molecule has 1 amide bonds. The highest BCUT2D eigenvalue weighted by atomic mass is 32.1. The minimum atomic E-state index is -0.292. The fraction of sp³-hybridized carbons (Fsp3) is 0.100. The average molecular weight is 381 g/mol. The number of halogens is 1. The van der Waals surface area contributed by atoms with Crippen molar-refractivity contribution in [3.63, 3.8) is 0 Å². The number of nitrogens with one attached hydrogen (secondary N) is 1. The van der Waals surface area contributed by atoms with Crippen molar-refractivity contribution in [1.29, 1.82) is 0 Å². The summed E-state index contributed by atoms with van der Waals surface area (Å²) in [6, 6.07) is 11.0. The predicted octanol–water partition coefficient (Wildman–Crippen LogP) is 4.78. The number of carbonyl (C=O) groups excluding carboxylic acids is 1. The Kier molecular flexibility index (Phi) is 4.16. The van der Waals surface area contributed by atoms with Crippen molar-refractivity contribution < 1.29 is 14.3 Å². The first kappa shape index (κ1) is 17.2. The molecule has 0 aliphatic rings. The maximum atomic E-state index is 13.1. The zero-order valence-electron chi connectivity index (χ0n) is 14.7. The van der Waals surface area contributed by atoms with Gasteiger partial charge in [-0.2, -0.15) is 0 Å². The number of anilines is 1. The Morgan fingerprint density at radius 2 is 1.93 bits per heavy atom. The summed E-state index contributed by atoms with van der Waals surface area (Å²) in [5.74, 6) is -0.357. The Bertz CT molecular complexity index is 1160. The summed E-state index contributed by atoms with van der Waals surface area (Å²) < 4.78 is 15.0. The number of aromatic hydroxyl groups is 1. The van der Waals surface area contributed by atoms with Gasteiger partial charge in [0.25, 0.3) is 5.91 Å². The van der Waals surface area contributed by atoms with E-state index in [9.17, 15) is 14.3 Å². The number of thiazole rings is 1. The molecule has 5 nitrogen and oxygen atoms in total. The lowest BCUT2D eigenvalue weighted by atomic mass is 10.2. The van der Waals surface area contributed by atoms with Gasteiger partial charge in [0.05, 0.1) is 5.69 Å². The van der Waals surface area contributed by atoms with Crippen LogP contribution in [0.1, 0.15) is 20.9 Å². The monoisotopic (exact) mass is 381 g/mol. The maximum absolute atomic E-state index is 13.1. The second-order valence-electron chi connectivity index (χ2n) is 6.26. The third-order valence-electron chi connectivity index (χ3n) is 4.36. The van der Waals surface area contributed by atoms with Gasteiger partial charge in [0.15, 0.2) is 4.96 Å². The van der Waals surface area contributed by atoms with Crippen molar-refractivity contribution in [1.82, 2.24) is 9.38 Å². The zero-order valence-corrected chi connectivity index (χ0v) is 15.5. The quantitative estimate of drug-likeness (QED) is 0.502. The number of imidazole rings is 1. The number of fused-ring (bicyclic) bond motifs is 1. The van der Waals surface area contributed by atoms with E-state index >= 15 is 0 Å². The molecule has 7 heteroatoms. The number of phenols is 1. The number of carbonyl (C=O) groups is 1. The number of amides is 1. The van der Waals surface area contributed by atoms with E-state index in [0.29, 0.717) is 15.5 Å². The summed E-state index contributed by atoms with van der Waals surface area (Å²) in [7, 11) is 0. The van der Waals surface area contributed by atoms with Crippen LogP contribution in [0.2, 0.25) is 0 Å². The molecule has 0 unspecified atom stereocenters. The molecule has 0 radical (unpaired) electrons. The molecule has 2 N–H and O–H groups in total. The highest BCUT2D eigenvalue weighted by Crippen LogP contribution is 2.28. The van der Waals surface area contributed by atoms with Crippen molar-refractivity contribution in [3.8, 4) is 17.0 Å². The van der Waals surface area contributed by atoms with Crippen molar-refractivity contribution >= 4 is 27.9 Å². The molecule has 4 aromatic rings. The number of benzene rings is 2. The van der Waals surface area contributed by atoms with Crippen molar-refractivity contribution in [2.75, 3.05) is 5.32 Å². The average Bonchev–Trinajstić information content (AvgIpc) is 3.18. The number of hydrogen-bond acceptors (Lipinski definition) is 4. The molecule has 0 aliphatic carbocycles. The minimum Gasteiger partial charge on any atom is -0.508 e. The number of nitrogens with zero attached hydrogens (tertiary/aromatic N) is 2. The van der Waals surface area contributed by atoms with Crippen LogP contribution in [-0.4, -0.2) is 20.4 Å². The van der Waals surface area contributed by atoms with Gasteiger partial charge in [-0.05, 0) is 61.9 Å². The van der Waals surface area contributed by atoms with E-state index in [0.717, 1.165) is 22.5 Å². The van der Waals surface area contributed by atoms with E-state index in [1.54, 1.807) is 24.3 Å². The largest absolute Gasteiger partial charge is 0.508 e. The molecule has 0 saturated heterocycles. The highest BCUT2D eigenvalue weighted by molar-refractivity contribution is 7.19. The van der Waals surface area contributed by atoms with Gasteiger partial charge < -0.3 is 10.4 Å². The molecule has 0 aliphatic heterocycles. The van der Waals surface area contributed by atoms with Crippen LogP contribution in [-0.2, 0) is 0 Å². The lowest BCUT2D eigenvalue weighted by Gasteiger charge is -2.08. The first-order valence-electron chi connectivity index (χ1n) is 8.28. The summed E-state index contributed by atoms with van der Waals surface area (Å²) >= 11 is 1.30. The second kappa shape index (κ2) is 6.51. The third kappa shape index (κ3) is 3.17. The van der Waals surface area contributed by atoms with E-state index in [1.807, 2.05) is 24.4 Å². The summed E-state index contributed by atoms with van der Waals surface area (Å²) in [4.78, 5) is 18.5. The first-order valence-corrected chi connectivity index (χ1v) is 9.09. The van der Waals surface area contributed by atoms with Crippen LogP contribution in [0.25, 0.3) is 16.2 Å². The highest BCUT2D eigenvalue weighted by Gasteiger charge is 2.19. The summed E-state index contributed by atoms with van der Waals surface area (Å²) in [6.45, 7) is 3.68. The lowest BCUT2D eigenvalue weighted by molar-refractivity contribution is 0.102. The fourth-order valence-electron chi connectivity index (χ4n) is 2.89. The molecule has 0 spiro atoms. The Hall–Kier alpha value is -3.19. The van der Waals surface area contributed by atoms with Gasteiger partial charge >= 0.3 is 0 Å². The van der Waals surface area contributed by atoms with Gasteiger partial charge in [-0.25, -0.2) is 9.37 Å². The Morgan fingerprint density at radius 3 is 2.59 bits per heavy atom. The third-order valence-corrected chi connectivity index (χ3v) is 5.52. The minimum absolute atomic E-state index is 0.157. The van der Waals surface area contributed by atoms with Gasteiger partial charge in [0.2, 0.25) is 0 Å². The standard InChI is InChI=1S/C20H16FN3O2S/c1-11-9-15(25)7-8-16(11)22-19(26)18-12(2)24-10-17(23-20(24)27-18)13-3-5-14(21)6-4-13/h3-10,25H,1-2H3,(H,22,26). The normalized spacial score (nSPS) is 11.1. The molecule has 4 rings (SSSR count). The summed E-state index contributed by atoms with van der Waals surface area (Å²) in [5, 5.41) is 12.4. The van der Waals surface area contributed by atoms with Crippen molar-refractivity contribution in [2.45, 2.75) is 13.8 Å². The summed E-state index contributed by atoms with van der Waals surface area (Å²) in [5.41, 5.74) is 3.75. The molecular weight excluding hydrogens is 365 g/mol. The Balaban J connectivity index is 1.64.